The molecule has 0 spiro atoms. The van der Waals surface area contributed by atoms with Gasteiger partial charge in [0.05, 0.1) is 29.0 Å². The van der Waals surface area contributed by atoms with Crippen LogP contribution >= 0.6 is 0 Å². The van der Waals surface area contributed by atoms with Gasteiger partial charge in [-0.1, -0.05) is 50.2 Å². The van der Waals surface area contributed by atoms with Crippen molar-refractivity contribution >= 4 is 59.9 Å². The standard InChI is InChI=1S/C29H24N3/c1-16(2)19-10-7-11-23-26(19)21-12-13-22-27-28(21)32(23)24-14-18-8-5-6-9-20(18)17(3)25(24)29(27)31(4)15-30-22/h5-16H,1-4H3/q+1. The van der Waals surface area contributed by atoms with Crippen molar-refractivity contribution in [1.29, 1.82) is 0 Å². The summed E-state index contributed by atoms with van der Waals surface area (Å²) >= 11 is 0. The lowest BCUT2D eigenvalue weighted by Gasteiger charge is -2.15. The molecule has 3 heteroatoms. The molecule has 0 saturated heterocycles. The Morgan fingerprint density at radius 2 is 1.69 bits per heavy atom. The fourth-order valence-electron chi connectivity index (χ4n) is 5.91. The molecule has 154 valence electrons. The van der Waals surface area contributed by atoms with E-state index in [-0.39, 0.29) is 0 Å². The number of hydrogen-bond donors (Lipinski definition) is 0. The number of benzene rings is 4. The predicted molar refractivity (Wildman–Crippen MR) is 134 cm³/mol. The highest BCUT2D eigenvalue weighted by Crippen LogP contribution is 2.43. The first-order valence-corrected chi connectivity index (χ1v) is 11.3. The SMILES string of the molecule is Cc1c2ccccc2cc2c1c1c3c(ccc4c5c(C(C)C)cccc5n2c43)nc[n+]1C. The quantitative estimate of drug-likeness (QED) is 0.164. The molecule has 0 amide bonds. The van der Waals surface area contributed by atoms with Crippen LogP contribution in [0.3, 0.4) is 0 Å². The Kier molecular flexibility index (Phi) is 3.33. The largest absolute Gasteiger partial charge is 0.307 e. The van der Waals surface area contributed by atoms with E-state index < -0.39 is 0 Å². The van der Waals surface area contributed by atoms with E-state index >= 15 is 0 Å². The molecule has 7 aromatic rings. The summed E-state index contributed by atoms with van der Waals surface area (Å²) in [6.45, 7) is 6.85. The third-order valence-electron chi connectivity index (χ3n) is 7.31. The van der Waals surface area contributed by atoms with Gasteiger partial charge in [-0.2, -0.15) is 0 Å². The third-order valence-corrected chi connectivity index (χ3v) is 7.31. The first-order valence-electron chi connectivity index (χ1n) is 11.3. The average Bonchev–Trinajstić information content (AvgIpc) is 3.15. The molecule has 0 radical (unpaired) electrons. The van der Waals surface area contributed by atoms with E-state index in [1.165, 1.54) is 65.5 Å². The van der Waals surface area contributed by atoms with Gasteiger partial charge in [-0.15, -0.1) is 0 Å². The number of fused-ring (bicyclic) bond motifs is 7. The predicted octanol–water partition coefficient (Wildman–Crippen LogP) is 6.79. The second kappa shape index (κ2) is 5.95. The highest BCUT2D eigenvalue weighted by atomic mass is 15.0. The number of nitrogens with zero attached hydrogens (tertiary/aromatic N) is 3. The highest BCUT2D eigenvalue weighted by molar-refractivity contribution is 6.28. The van der Waals surface area contributed by atoms with Crippen LogP contribution in [0.1, 0.15) is 30.9 Å². The maximum absolute atomic E-state index is 4.81. The van der Waals surface area contributed by atoms with Gasteiger partial charge >= 0.3 is 0 Å². The Bertz CT molecular complexity index is 1870. The maximum Gasteiger partial charge on any atom is 0.287 e. The molecule has 32 heavy (non-hydrogen) atoms. The molecule has 0 aliphatic rings. The van der Waals surface area contributed by atoms with Crippen molar-refractivity contribution < 1.29 is 4.57 Å². The Balaban J connectivity index is 1.95. The van der Waals surface area contributed by atoms with Gasteiger partial charge in [-0.05, 0) is 64.0 Å². The molecule has 0 N–H and O–H groups in total. The molecule has 0 unspecified atom stereocenters. The Morgan fingerprint density at radius 1 is 0.844 bits per heavy atom. The van der Waals surface area contributed by atoms with Gasteiger partial charge in [-0.3, -0.25) is 0 Å². The summed E-state index contributed by atoms with van der Waals surface area (Å²) in [5, 5.41) is 7.85. The number of aromatic nitrogens is 3. The van der Waals surface area contributed by atoms with Gasteiger partial charge in [0.2, 0.25) is 0 Å². The molecule has 3 aromatic heterocycles. The van der Waals surface area contributed by atoms with Crippen molar-refractivity contribution in [2.45, 2.75) is 26.7 Å². The topological polar surface area (TPSA) is 21.2 Å². The second-order valence-electron chi connectivity index (χ2n) is 9.41. The summed E-state index contributed by atoms with van der Waals surface area (Å²) in [6.07, 6.45) is 1.96. The van der Waals surface area contributed by atoms with Crippen LogP contribution in [0.2, 0.25) is 0 Å². The van der Waals surface area contributed by atoms with E-state index in [2.05, 4.69) is 97.5 Å². The van der Waals surface area contributed by atoms with E-state index in [9.17, 15) is 0 Å². The summed E-state index contributed by atoms with van der Waals surface area (Å²) in [7, 11) is 2.12. The van der Waals surface area contributed by atoms with Crippen molar-refractivity contribution in [3.05, 3.63) is 78.1 Å². The van der Waals surface area contributed by atoms with Crippen LogP contribution in [0, 0.1) is 6.92 Å². The van der Waals surface area contributed by atoms with E-state index in [1.54, 1.807) is 0 Å². The smallest absolute Gasteiger partial charge is 0.287 e. The number of rotatable bonds is 1. The van der Waals surface area contributed by atoms with E-state index in [0.717, 1.165) is 5.52 Å². The van der Waals surface area contributed by atoms with E-state index in [0.29, 0.717) is 5.92 Å². The zero-order valence-corrected chi connectivity index (χ0v) is 18.8. The van der Waals surface area contributed by atoms with Gasteiger partial charge in [0.15, 0.2) is 5.52 Å². The van der Waals surface area contributed by atoms with Crippen LogP contribution in [0.15, 0.2) is 67.0 Å². The number of hydrogen-bond acceptors (Lipinski definition) is 1. The highest BCUT2D eigenvalue weighted by Gasteiger charge is 2.25. The molecule has 0 fully saturated rings. The Morgan fingerprint density at radius 3 is 2.53 bits per heavy atom. The summed E-state index contributed by atoms with van der Waals surface area (Å²) in [5.74, 6) is 0.455. The molecule has 3 nitrogen and oxygen atoms in total. The molecule has 0 aliphatic carbocycles. The molecule has 4 aromatic carbocycles. The van der Waals surface area contributed by atoms with Crippen molar-refractivity contribution in [3.8, 4) is 0 Å². The van der Waals surface area contributed by atoms with Crippen LogP contribution < -0.4 is 4.57 Å². The van der Waals surface area contributed by atoms with Crippen molar-refractivity contribution in [3.63, 3.8) is 0 Å². The van der Waals surface area contributed by atoms with Gasteiger partial charge in [0.1, 0.15) is 5.52 Å². The van der Waals surface area contributed by atoms with Gasteiger partial charge < -0.3 is 4.40 Å². The molecular weight excluding hydrogens is 390 g/mol. The van der Waals surface area contributed by atoms with Crippen LogP contribution in [-0.4, -0.2) is 9.38 Å². The molecular formula is C29H24N3+. The minimum Gasteiger partial charge on any atom is -0.307 e. The Hall–Kier alpha value is -3.72. The Labute approximate surface area is 185 Å². The zero-order chi connectivity index (χ0) is 21.7. The lowest BCUT2D eigenvalue weighted by atomic mass is 9.96. The lowest BCUT2D eigenvalue weighted by molar-refractivity contribution is -0.646. The first kappa shape index (κ1) is 17.9. The summed E-state index contributed by atoms with van der Waals surface area (Å²) in [5.41, 5.74) is 8.88. The maximum atomic E-state index is 4.81. The van der Waals surface area contributed by atoms with Crippen molar-refractivity contribution in [1.82, 2.24) is 9.38 Å². The van der Waals surface area contributed by atoms with E-state index in [1.807, 2.05) is 6.33 Å². The molecule has 0 saturated carbocycles. The van der Waals surface area contributed by atoms with E-state index in [4.69, 9.17) is 4.98 Å². The fourth-order valence-corrected chi connectivity index (χ4v) is 5.91. The van der Waals surface area contributed by atoms with Crippen LogP contribution in [0.5, 0.6) is 0 Å². The lowest BCUT2D eigenvalue weighted by Crippen LogP contribution is -2.30. The second-order valence-corrected chi connectivity index (χ2v) is 9.41. The molecule has 7 rings (SSSR count). The fraction of sp³-hybridized carbons (Fsp3) is 0.172. The van der Waals surface area contributed by atoms with Crippen molar-refractivity contribution in [2.75, 3.05) is 0 Å². The molecule has 0 atom stereocenters. The minimum atomic E-state index is 0.455. The van der Waals surface area contributed by atoms with Crippen molar-refractivity contribution in [2.24, 2.45) is 7.05 Å². The normalized spacial score (nSPS) is 12.7. The number of aryl methyl sites for hydroxylation is 2. The number of pyridine rings is 1. The summed E-state index contributed by atoms with van der Waals surface area (Å²) in [6, 6.07) is 22.4. The monoisotopic (exact) mass is 414 g/mol. The third kappa shape index (κ3) is 2.02. The van der Waals surface area contributed by atoms with Gasteiger partial charge in [-0.25, -0.2) is 4.57 Å². The van der Waals surface area contributed by atoms with Crippen LogP contribution in [-0.2, 0) is 7.05 Å². The van der Waals surface area contributed by atoms with Gasteiger partial charge in [0.25, 0.3) is 6.33 Å². The van der Waals surface area contributed by atoms with Crippen LogP contribution in [0.25, 0.3) is 59.9 Å². The summed E-state index contributed by atoms with van der Waals surface area (Å²) < 4.78 is 4.70. The summed E-state index contributed by atoms with van der Waals surface area (Å²) in [4.78, 5) is 4.81. The zero-order valence-electron chi connectivity index (χ0n) is 18.8. The molecule has 3 heterocycles. The first-order chi connectivity index (χ1) is 15.6. The average molecular weight is 415 g/mol. The van der Waals surface area contributed by atoms with Gasteiger partial charge in [0, 0.05) is 16.2 Å². The molecule has 0 aliphatic heterocycles. The minimum absolute atomic E-state index is 0.455. The van der Waals surface area contributed by atoms with Crippen LogP contribution in [0.4, 0.5) is 0 Å². The molecule has 0 bridgehead atoms.